The first-order chi connectivity index (χ1) is 7.43. The van der Waals surface area contributed by atoms with Crippen molar-refractivity contribution in [3.63, 3.8) is 0 Å². The minimum atomic E-state index is 0.0624. The summed E-state index contributed by atoms with van der Waals surface area (Å²) in [6.45, 7) is 1.67. The van der Waals surface area contributed by atoms with Crippen molar-refractivity contribution in [2.45, 2.75) is 44.8 Å². The highest BCUT2D eigenvalue weighted by Gasteiger charge is 2.12. The second-order valence-corrected chi connectivity index (χ2v) is 4.17. The molecule has 0 spiro atoms. The smallest absolute Gasteiger partial charge is 0.157 e. The van der Waals surface area contributed by atoms with Crippen LogP contribution in [0.3, 0.4) is 0 Å². The third-order valence-corrected chi connectivity index (χ3v) is 2.61. The lowest BCUT2D eigenvalue weighted by Gasteiger charge is -2.22. The maximum absolute atomic E-state index is 5.61. The molecule has 1 saturated heterocycles. The van der Waals surface area contributed by atoms with E-state index in [4.69, 9.17) is 9.47 Å². The van der Waals surface area contributed by atoms with Crippen LogP contribution >= 0.6 is 15.9 Å². The number of unbranched alkanes of at least 4 members (excludes halogenated alkanes) is 2. The minimum Gasteiger partial charge on any atom is -0.353 e. The topological polar surface area (TPSA) is 18.5 Å². The van der Waals surface area contributed by atoms with Gasteiger partial charge in [-0.25, -0.2) is 0 Å². The lowest BCUT2D eigenvalue weighted by atomic mass is 10.2. The fourth-order valence-electron chi connectivity index (χ4n) is 1.51. The largest absolute Gasteiger partial charge is 0.353 e. The minimum absolute atomic E-state index is 0.0624. The molecule has 0 bridgehead atoms. The maximum atomic E-state index is 5.61. The van der Waals surface area contributed by atoms with Gasteiger partial charge in [-0.15, -0.1) is 5.92 Å². The van der Waals surface area contributed by atoms with Crippen LogP contribution in [0.15, 0.2) is 0 Å². The Morgan fingerprint density at radius 3 is 2.93 bits per heavy atom. The number of rotatable bonds is 5. The zero-order valence-electron chi connectivity index (χ0n) is 9.14. The normalized spacial score (nSPS) is 20.7. The third kappa shape index (κ3) is 6.94. The molecule has 0 saturated carbocycles. The Balaban J connectivity index is 1.87. The molecule has 1 fully saturated rings. The Labute approximate surface area is 101 Å². The van der Waals surface area contributed by atoms with Crippen LogP contribution in [0.2, 0.25) is 0 Å². The Morgan fingerprint density at radius 1 is 1.27 bits per heavy atom. The Hall–Kier alpha value is -0.0400. The summed E-state index contributed by atoms with van der Waals surface area (Å²) in [6.07, 6.45) is 6.71. The van der Waals surface area contributed by atoms with Gasteiger partial charge in [-0.2, -0.15) is 0 Å². The van der Waals surface area contributed by atoms with Crippen molar-refractivity contribution < 1.29 is 9.47 Å². The molecule has 0 N–H and O–H groups in total. The number of halogens is 1. The van der Waals surface area contributed by atoms with Crippen LogP contribution in [0.1, 0.15) is 38.5 Å². The summed E-state index contributed by atoms with van der Waals surface area (Å²) < 4.78 is 11.1. The molecule has 0 radical (unpaired) electrons. The third-order valence-electron chi connectivity index (χ3n) is 2.33. The predicted molar refractivity (Wildman–Crippen MR) is 65.0 cm³/mol. The molecule has 0 aliphatic carbocycles. The van der Waals surface area contributed by atoms with Crippen molar-refractivity contribution >= 4 is 15.9 Å². The van der Waals surface area contributed by atoms with Crippen LogP contribution in [0.5, 0.6) is 0 Å². The molecule has 0 aromatic rings. The van der Waals surface area contributed by atoms with Gasteiger partial charge >= 0.3 is 0 Å². The zero-order valence-corrected chi connectivity index (χ0v) is 10.7. The zero-order chi connectivity index (χ0) is 10.8. The number of hydrogen-bond donors (Lipinski definition) is 0. The van der Waals surface area contributed by atoms with Crippen LogP contribution in [-0.2, 0) is 9.47 Å². The second kappa shape index (κ2) is 9.21. The van der Waals surface area contributed by atoms with E-state index in [1.807, 2.05) is 0 Å². The number of ether oxygens (including phenoxy) is 2. The highest BCUT2D eigenvalue weighted by molar-refractivity contribution is 9.09. The van der Waals surface area contributed by atoms with Crippen LogP contribution in [0.25, 0.3) is 0 Å². The Kier molecular flexibility index (Phi) is 7.99. The standard InChI is InChI=1S/C12H19BrO2/c13-9-5-2-1-3-6-10-14-12-8-4-7-11-15-12/h12H,1,3-4,6-11H2. The summed E-state index contributed by atoms with van der Waals surface area (Å²) >= 11 is 3.27. The summed E-state index contributed by atoms with van der Waals surface area (Å²) in [7, 11) is 0. The molecule has 2 nitrogen and oxygen atoms in total. The number of alkyl halides is 1. The monoisotopic (exact) mass is 274 g/mol. The van der Waals surface area contributed by atoms with Gasteiger partial charge in [0.05, 0.1) is 5.33 Å². The van der Waals surface area contributed by atoms with Crippen molar-refractivity contribution in [2.75, 3.05) is 18.5 Å². The van der Waals surface area contributed by atoms with E-state index in [-0.39, 0.29) is 6.29 Å². The summed E-state index contributed by atoms with van der Waals surface area (Å²) in [5.74, 6) is 6.08. The fraction of sp³-hybridized carbons (Fsp3) is 0.833. The molecule has 1 atom stereocenters. The summed E-state index contributed by atoms with van der Waals surface area (Å²) in [5.41, 5.74) is 0. The summed E-state index contributed by atoms with van der Waals surface area (Å²) in [5, 5.41) is 0.777. The first-order valence-corrected chi connectivity index (χ1v) is 6.80. The van der Waals surface area contributed by atoms with Gasteiger partial charge in [0, 0.05) is 19.6 Å². The van der Waals surface area contributed by atoms with Gasteiger partial charge < -0.3 is 9.47 Å². The van der Waals surface area contributed by atoms with E-state index in [0.29, 0.717) is 0 Å². The molecule has 86 valence electrons. The Bertz CT molecular complexity index is 201. The van der Waals surface area contributed by atoms with Gasteiger partial charge in [0.15, 0.2) is 6.29 Å². The van der Waals surface area contributed by atoms with Crippen molar-refractivity contribution in [1.29, 1.82) is 0 Å². The molecule has 3 heteroatoms. The van der Waals surface area contributed by atoms with Gasteiger partial charge in [-0.05, 0) is 32.1 Å². The van der Waals surface area contributed by atoms with Crippen molar-refractivity contribution in [1.82, 2.24) is 0 Å². The number of hydrogen-bond acceptors (Lipinski definition) is 2. The average Bonchev–Trinajstić information content (AvgIpc) is 2.29. The van der Waals surface area contributed by atoms with Crippen LogP contribution in [0.4, 0.5) is 0 Å². The molecule has 1 rings (SSSR count). The van der Waals surface area contributed by atoms with E-state index < -0.39 is 0 Å². The summed E-state index contributed by atoms with van der Waals surface area (Å²) in [4.78, 5) is 0. The van der Waals surface area contributed by atoms with Gasteiger partial charge in [0.2, 0.25) is 0 Å². The van der Waals surface area contributed by atoms with Crippen LogP contribution < -0.4 is 0 Å². The van der Waals surface area contributed by atoms with Crippen molar-refractivity contribution in [3.05, 3.63) is 0 Å². The average molecular weight is 275 g/mol. The lowest BCUT2D eigenvalue weighted by Crippen LogP contribution is -2.22. The molecule has 1 aliphatic heterocycles. The van der Waals surface area contributed by atoms with E-state index in [1.165, 1.54) is 12.8 Å². The molecule has 1 heterocycles. The molecule has 0 aromatic carbocycles. The first kappa shape index (κ1) is 13.0. The van der Waals surface area contributed by atoms with E-state index in [0.717, 1.165) is 44.2 Å². The van der Waals surface area contributed by atoms with Crippen LogP contribution in [-0.4, -0.2) is 24.8 Å². The van der Waals surface area contributed by atoms with E-state index in [2.05, 4.69) is 27.8 Å². The SMILES string of the molecule is BrCC#CCCCCOC1CCCCO1. The highest BCUT2D eigenvalue weighted by Crippen LogP contribution is 2.13. The molecule has 1 aliphatic rings. The van der Waals surface area contributed by atoms with Gasteiger partial charge in [0.1, 0.15) is 0 Å². The van der Waals surface area contributed by atoms with Gasteiger partial charge in [-0.3, -0.25) is 0 Å². The van der Waals surface area contributed by atoms with Crippen molar-refractivity contribution in [3.8, 4) is 11.8 Å². The molecule has 15 heavy (non-hydrogen) atoms. The van der Waals surface area contributed by atoms with Crippen LogP contribution in [0, 0.1) is 11.8 Å². The second-order valence-electron chi connectivity index (χ2n) is 3.61. The molecular weight excluding hydrogens is 256 g/mol. The van der Waals surface area contributed by atoms with Gasteiger partial charge in [0.25, 0.3) is 0 Å². The van der Waals surface area contributed by atoms with Crippen molar-refractivity contribution in [2.24, 2.45) is 0 Å². The molecule has 0 amide bonds. The van der Waals surface area contributed by atoms with Gasteiger partial charge in [-0.1, -0.05) is 21.9 Å². The quantitative estimate of drug-likeness (QED) is 0.436. The van der Waals surface area contributed by atoms with E-state index in [9.17, 15) is 0 Å². The fourth-order valence-corrected chi connectivity index (χ4v) is 1.71. The Morgan fingerprint density at radius 2 is 2.20 bits per heavy atom. The maximum Gasteiger partial charge on any atom is 0.157 e. The predicted octanol–water partition coefficient (Wildman–Crippen LogP) is 3.10. The highest BCUT2D eigenvalue weighted by atomic mass is 79.9. The molecule has 0 aromatic heterocycles. The summed E-state index contributed by atoms with van der Waals surface area (Å²) in [6, 6.07) is 0. The molecular formula is C12H19BrO2. The van der Waals surface area contributed by atoms with E-state index in [1.54, 1.807) is 0 Å². The lowest BCUT2D eigenvalue weighted by molar-refractivity contribution is -0.162. The van der Waals surface area contributed by atoms with E-state index >= 15 is 0 Å². The first-order valence-electron chi connectivity index (χ1n) is 5.68. The molecule has 1 unspecified atom stereocenters.